The van der Waals surface area contributed by atoms with Crippen molar-refractivity contribution in [1.29, 1.82) is 0 Å². The van der Waals surface area contributed by atoms with E-state index < -0.39 is 0 Å². The van der Waals surface area contributed by atoms with E-state index in [1.54, 1.807) is 0 Å². The van der Waals surface area contributed by atoms with E-state index in [0.29, 0.717) is 5.96 Å². The number of hydrogen-bond acceptors (Lipinski definition) is 4. The first-order chi connectivity index (χ1) is 11.7. The zero-order valence-corrected chi connectivity index (χ0v) is 17.5. The van der Waals surface area contributed by atoms with Crippen LogP contribution in [-0.4, -0.2) is 81.3 Å². The van der Waals surface area contributed by atoms with Gasteiger partial charge in [0.15, 0.2) is 5.96 Å². The van der Waals surface area contributed by atoms with Gasteiger partial charge in [-0.25, -0.2) is 0 Å². The lowest BCUT2D eigenvalue weighted by Gasteiger charge is -2.36. The molecule has 1 aromatic carbocycles. The molecule has 2 heterocycles. The molecule has 6 nitrogen and oxygen atoms in total. The Kier molecular flexibility index (Phi) is 8.54. The summed E-state index contributed by atoms with van der Waals surface area (Å²) >= 11 is 6.08. The number of nitrogens with two attached hydrogens (primary N) is 1. The van der Waals surface area contributed by atoms with Crippen LogP contribution in [0.5, 0.6) is 0 Å². The molecular weight excluding hydrogens is 453 g/mol. The third-order valence-electron chi connectivity index (χ3n) is 4.57. The van der Waals surface area contributed by atoms with Crippen LogP contribution in [0.25, 0.3) is 0 Å². The summed E-state index contributed by atoms with van der Waals surface area (Å²) in [7, 11) is 0. The van der Waals surface area contributed by atoms with Crippen molar-refractivity contribution < 1.29 is 4.74 Å². The largest absolute Gasteiger partial charge is 0.378 e. The number of rotatable bonds is 4. The quantitative estimate of drug-likeness (QED) is 0.405. The zero-order chi connectivity index (χ0) is 16.8. The first kappa shape index (κ1) is 20.5. The third-order valence-corrected chi connectivity index (χ3v) is 4.81. The van der Waals surface area contributed by atoms with Crippen LogP contribution in [0, 0.1) is 0 Å². The first-order valence-electron chi connectivity index (χ1n) is 8.58. The van der Waals surface area contributed by atoms with Crippen molar-refractivity contribution in [2.24, 2.45) is 10.7 Å². The Labute approximate surface area is 172 Å². The van der Waals surface area contributed by atoms with Crippen molar-refractivity contribution in [3.05, 3.63) is 29.3 Å². The second kappa shape index (κ2) is 10.4. The van der Waals surface area contributed by atoms with Crippen molar-refractivity contribution in [3.8, 4) is 0 Å². The van der Waals surface area contributed by atoms with Crippen LogP contribution in [0.3, 0.4) is 0 Å². The van der Waals surface area contributed by atoms with Crippen LogP contribution < -0.4 is 10.6 Å². The van der Waals surface area contributed by atoms with Gasteiger partial charge >= 0.3 is 0 Å². The van der Waals surface area contributed by atoms with Gasteiger partial charge in [0.2, 0.25) is 0 Å². The van der Waals surface area contributed by atoms with Crippen LogP contribution in [0.15, 0.2) is 29.3 Å². The van der Waals surface area contributed by atoms with Crippen molar-refractivity contribution in [1.82, 2.24) is 9.80 Å². The summed E-state index contributed by atoms with van der Waals surface area (Å²) in [5.74, 6) is 0.649. The number of nitrogens with zero attached hydrogens (tertiary/aromatic N) is 4. The van der Waals surface area contributed by atoms with Gasteiger partial charge in [0.25, 0.3) is 0 Å². The number of guanidine groups is 1. The van der Waals surface area contributed by atoms with Crippen LogP contribution in [-0.2, 0) is 4.74 Å². The maximum absolute atomic E-state index is 6.08. The molecule has 0 spiro atoms. The first-order valence-corrected chi connectivity index (χ1v) is 8.95. The minimum absolute atomic E-state index is 0. The fourth-order valence-electron chi connectivity index (χ4n) is 3.10. The minimum atomic E-state index is 0. The lowest BCUT2D eigenvalue weighted by molar-refractivity contribution is 0.0674. The molecule has 2 fully saturated rings. The molecule has 0 unspecified atom stereocenters. The van der Waals surface area contributed by atoms with Gasteiger partial charge in [0.05, 0.1) is 19.8 Å². The number of benzene rings is 1. The maximum Gasteiger partial charge on any atom is 0.191 e. The van der Waals surface area contributed by atoms with Crippen molar-refractivity contribution >= 4 is 47.2 Å². The Morgan fingerprint density at radius 2 is 1.84 bits per heavy atom. The van der Waals surface area contributed by atoms with E-state index in [1.807, 2.05) is 18.2 Å². The smallest absolute Gasteiger partial charge is 0.191 e. The summed E-state index contributed by atoms with van der Waals surface area (Å²) in [6.07, 6.45) is 0. The highest BCUT2D eigenvalue weighted by atomic mass is 127. The van der Waals surface area contributed by atoms with Crippen molar-refractivity contribution in [2.75, 3.05) is 70.5 Å². The number of hydrogen-bond donors (Lipinski definition) is 1. The molecule has 0 aromatic heterocycles. The van der Waals surface area contributed by atoms with Gasteiger partial charge in [-0.2, -0.15) is 0 Å². The summed E-state index contributed by atoms with van der Waals surface area (Å²) in [6.45, 7) is 8.98. The van der Waals surface area contributed by atoms with Gasteiger partial charge < -0.3 is 20.3 Å². The van der Waals surface area contributed by atoms with Gasteiger partial charge in [-0.05, 0) is 18.2 Å². The number of piperazine rings is 1. The maximum atomic E-state index is 6.08. The van der Waals surface area contributed by atoms with Crippen LogP contribution in [0.1, 0.15) is 0 Å². The van der Waals surface area contributed by atoms with E-state index in [-0.39, 0.29) is 24.0 Å². The number of anilines is 1. The van der Waals surface area contributed by atoms with Gasteiger partial charge in [0.1, 0.15) is 0 Å². The second-order valence-electron chi connectivity index (χ2n) is 6.15. The predicted molar refractivity (Wildman–Crippen MR) is 114 cm³/mol. The zero-order valence-electron chi connectivity index (χ0n) is 14.4. The molecule has 1 aromatic rings. The topological polar surface area (TPSA) is 57.3 Å². The molecule has 3 rings (SSSR count). The molecule has 0 bridgehead atoms. The molecule has 0 amide bonds. The van der Waals surface area contributed by atoms with Crippen LogP contribution >= 0.6 is 35.6 Å². The molecule has 0 saturated carbocycles. The Balaban J connectivity index is 0.00000225. The summed E-state index contributed by atoms with van der Waals surface area (Å²) in [5.41, 5.74) is 7.26. The third kappa shape index (κ3) is 6.16. The molecule has 0 aliphatic carbocycles. The fourth-order valence-corrected chi connectivity index (χ4v) is 3.29. The van der Waals surface area contributed by atoms with Crippen LogP contribution in [0.4, 0.5) is 5.69 Å². The molecule has 140 valence electrons. The lowest BCUT2D eigenvalue weighted by Crippen LogP contribution is -2.47. The molecule has 8 heteroatoms. The highest BCUT2D eigenvalue weighted by Gasteiger charge is 2.17. The van der Waals surface area contributed by atoms with Gasteiger partial charge in [-0.3, -0.25) is 9.89 Å². The average molecular weight is 480 g/mol. The number of morpholine rings is 1. The van der Waals surface area contributed by atoms with E-state index >= 15 is 0 Å². The van der Waals surface area contributed by atoms with Gasteiger partial charge in [-0.1, -0.05) is 17.7 Å². The predicted octanol–water partition coefficient (Wildman–Crippen LogP) is 1.73. The van der Waals surface area contributed by atoms with E-state index in [9.17, 15) is 0 Å². The number of ether oxygens (including phenoxy) is 1. The molecule has 2 aliphatic heterocycles. The fraction of sp³-hybridized carbons (Fsp3) is 0.588. The van der Waals surface area contributed by atoms with Gasteiger partial charge in [-0.15, -0.1) is 24.0 Å². The van der Waals surface area contributed by atoms with Crippen molar-refractivity contribution in [3.63, 3.8) is 0 Å². The normalized spacial score (nSPS) is 19.6. The summed E-state index contributed by atoms with van der Waals surface area (Å²) in [6, 6.07) is 8.07. The van der Waals surface area contributed by atoms with E-state index in [4.69, 9.17) is 22.1 Å². The highest BCUT2D eigenvalue weighted by Crippen LogP contribution is 2.20. The highest BCUT2D eigenvalue weighted by molar-refractivity contribution is 14.0. The average Bonchev–Trinajstić information content (AvgIpc) is 2.63. The van der Waals surface area contributed by atoms with Crippen molar-refractivity contribution in [2.45, 2.75) is 0 Å². The Hall–Kier alpha value is -0.770. The summed E-state index contributed by atoms with van der Waals surface area (Å²) in [5, 5.41) is 0.794. The molecule has 25 heavy (non-hydrogen) atoms. The van der Waals surface area contributed by atoms with E-state index in [1.165, 1.54) is 5.69 Å². The lowest BCUT2D eigenvalue weighted by atomic mass is 10.2. The Bertz CT molecular complexity index is 560. The monoisotopic (exact) mass is 479 g/mol. The molecule has 2 N–H and O–H groups in total. The second-order valence-corrected chi connectivity index (χ2v) is 6.58. The Morgan fingerprint density at radius 1 is 1.12 bits per heavy atom. The SMILES string of the molecule is I.NC(=NCCN1CCN(c2cccc(Cl)c2)CC1)N1CCOCC1. The summed E-state index contributed by atoms with van der Waals surface area (Å²) < 4.78 is 5.33. The number of aliphatic imine (C=N–C) groups is 1. The molecule has 2 saturated heterocycles. The molecule has 0 radical (unpaired) electrons. The van der Waals surface area contributed by atoms with E-state index in [0.717, 1.165) is 70.6 Å². The Morgan fingerprint density at radius 3 is 2.52 bits per heavy atom. The van der Waals surface area contributed by atoms with Gasteiger partial charge in [0, 0.05) is 56.5 Å². The standard InChI is InChI=1S/C17H26ClN5O.HI/c18-15-2-1-3-16(14-15)22-8-6-21(7-9-22)5-4-20-17(19)23-10-12-24-13-11-23;/h1-3,14H,4-13H2,(H2,19,20);1H. The number of halogens is 2. The minimum Gasteiger partial charge on any atom is -0.378 e. The molecule has 0 atom stereocenters. The summed E-state index contributed by atoms with van der Waals surface area (Å²) in [4.78, 5) is 11.4. The van der Waals surface area contributed by atoms with E-state index in [2.05, 4.69) is 25.8 Å². The molecule has 2 aliphatic rings. The van der Waals surface area contributed by atoms with Crippen LogP contribution in [0.2, 0.25) is 5.02 Å². The molecular formula is C17H27ClIN5O.